The number of hydrogen-bond acceptors (Lipinski definition) is 3. The molecule has 1 aromatic rings. The summed E-state index contributed by atoms with van der Waals surface area (Å²) in [6.07, 6.45) is 19.5. The highest BCUT2D eigenvalue weighted by Crippen LogP contribution is 2.29. The summed E-state index contributed by atoms with van der Waals surface area (Å²) in [5.74, 6) is -0.800. The van der Waals surface area contributed by atoms with Crippen molar-refractivity contribution < 1.29 is 14.6 Å². The summed E-state index contributed by atoms with van der Waals surface area (Å²) in [7, 11) is 0. The molecule has 0 spiro atoms. The second-order valence-corrected chi connectivity index (χ2v) is 9.35. The minimum atomic E-state index is -0.920. The van der Waals surface area contributed by atoms with Crippen LogP contribution in [-0.4, -0.2) is 23.4 Å². The number of ether oxygens (including phenoxy) is 1. The van der Waals surface area contributed by atoms with Gasteiger partial charge in [0.05, 0.1) is 5.57 Å². The molecule has 2 rings (SSSR count). The lowest BCUT2D eigenvalue weighted by Gasteiger charge is -2.28. The van der Waals surface area contributed by atoms with Gasteiger partial charge in [-0.3, -0.25) is 5.73 Å². The molecule has 34 heavy (non-hydrogen) atoms. The smallest absolute Gasteiger partial charge is 0.335 e. The van der Waals surface area contributed by atoms with E-state index in [1.165, 1.54) is 38.5 Å². The van der Waals surface area contributed by atoms with Crippen molar-refractivity contribution in [2.75, 3.05) is 6.61 Å². The molecule has 2 atom stereocenters. The molecule has 1 aliphatic carbocycles. The van der Waals surface area contributed by atoms with E-state index < -0.39 is 11.7 Å². The van der Waals surface area contributed by atoms with Gasteiger partial charge in [0.2, 0.25) is 0 Å². The number of allylic oxidation sites excluding steroid dienone is 3. The van der Waals surface area contributed by atoms with E-state index in [2.05, 4.69) is 20.8 Å². The number of unbranched alkanes of at least 4 members (excludes halogenated alkanes) is 6. The van der Waals surface area contributed by atoms with Crippen molar-refractivity contribution in [1.82, 2.24) is 0 Å². The first-order chi connectivity index (χ1) is 16.4. The quantitative estimate of drug-likeness (QED) is 0.122. The van der Waals surface area contributed by atoms with Gasteiger partial charge >= 0.3 is 5.97 Å². The van der Waals surface area contributed by atoms with Crippen molar-refractivity contribution in [3.8, 4) is 0 Å². The predicted molar refractivity (Wildman–Crippen MR) is 142 cm³/mol. The summed E-state index contributed by atoms with van der Waals surface area (Å²) in [5.41, 5.74) is 8.60. The molecular formula is C30H43NO3. The number of hydrogen-bond donors (Lipinski definition) is 2. The molecule has 0 aromatic heterocycles. The lowest BCUT2D eigenvalue weighted by Crippen LogP contribution is -2.41. The summed E-state index contributed by atoms with van der Waals surface area (Å²) in [4.78, 5) is 12.2. The fourth-order valence-corrected chi connectivity index (χ4v) is 4.06. The largest absolute Gasteiger partial charge is 0.478 e. The second kappa shape index (κ2) is 14.7. The first-order valence-corrected chi connectivity index (χ1v) is 12.9. The molecule has 4 heteroatoms. The van der Waals surface area contributed by atoms with Crippen LogP contribution in [0.5, 0.6) is 0 Å². The Balaban J connectivity index is 2.03. The predicted octanol–water partition coefficient (Wildman–Crippen LogP) is 7.44. The Labute approximate surface area is 206 Å². The van der Waals surface area contributed by atoms with E-state index in [9.17, 15) is 9.90 Å². The molecule has 0 heterocycles. The van der Waals surface area contributed by atoms with Crippen LogP contribution in [0.15, 0.2) is 71.4 Å². The molecule has 4 nitrogen and oxygen atoms in total. The summed E-state index contributed by atoms with van der Waals surface area (Å²) in [6, 6.07) is 9.87. The molecule has 0 saturated heterocycles. The van der Waals surface area contributed by atoms with Crippen LogP contribution < -0.4 is 5.73 Å². The Hall–Kier alpha value is -2.43. The van der Waals surface area contributed by atoms with Gasteiger partial charge in [-0.05, 0) is 47.6 Å². The van der Waals surface area contributed by atoms with Crippen molar-refractivity contribution in [3.05, 3.63) is 76.9 Å². The first kappa shape index (κ1) is 27.8. The number of carboxylic acids is 1. The van der Waals surface area contributed by atoms with Crippen molar-refractivity contribution >= 4 is 12.0 Å². The van der Waals surface area contributed by atoms with Gasteiger partial charge in [0.25, 0.3) is 0 Å². The van der Waals surface area contributed by atoms with Crippen LogP contribution in [0.2, 0.25) is 0 Å². The average molecular weight is 466 g/mol. The number of carbonyl (C=O) groups is 1. The minimum Gasteiger partial charge on any atom is -0.478 e. The summed E-state index contributed by atoms with van der Waals surface area (Å²) >= 11 is 0. The molecule has 0 amide bonds. The molecule has 1 aliphatic rings. The zero-order valence-electron chi connectivity index (χ0n) is 21.3. The third-order valence-electron chi connectivity index (χ3n) is 6.45. The van der Waals surface area contributed by atoms with Gasteiger partial charge in [-0.2, -0.15) is 0 Å². The summed E-state index contributed by atoms with van der Waals surface area (Å²) in [6.45, 7) is 7.02. The van der Waals surface area contributed by atoms with Gasteiger partial charge < -0.3 is 9.84 Å². The third-order valence-corrected chi connectivity index (χ3v) is 6.45. The molecule has 1 aromatic carbocycles. The Kier molecular flexibility index (Phi) is 12.1. The fourth-order valence-electron chi connectivity index (χ4n) is 4.06. The standard InChI is InChI=1S/C30H43NO3/c1-4-6-7-8-9-10-14-21-34-30(31)19-17-26(18-20-30)23-28(29(32)33)27(24(3)5-2)22-25-15-12-11-13-16-25/h11-13,15-19,22-24H,4-10,14,20-21,31H2,1-3H3,(H,32,33). The zero-order valence-corrected chi connectivity index (χ0v) is 21.3. The van der Waals surface area contributed by atoms with Crippen LogP contribution in [0.3, 0.4) is 0 Å². The maximum Gasteiger partial charge on any atom is 0.335 e. The van der Waals surface area contributed by atoms with E-state index >= 15 is 0 Å². The lowest BCUT2D eigenvalue weighted by atomic mass is 9.88. The van der Waals surface area contributed by atoms with Crippen molar-refractivity contribution in [3.63, 3.8) is 0 Å². The van der Waals surface area contributed by atoms with Gasteiger partial charge in [-0.15, -0.1) is 0 Å². The highest BCUT2D eigenvalue weighted by atomic mass is 16.5. The van der Waals surface area contributed by atoms with Crippen LogP contribution in [0, 0.1) is 5.92 Å². The van der Waals surface area contributed by atoms with Crippen LogP contribution in [0.4, 0.5) is 0 Å². The van der Waals surface area contributed by atoms with E-state index in [0.29, 0.717) is 18.6 Å². The Morgan fingerprint density at radius 1 is 1.09 bits per heavy atom. The number of nitrogens with two attached hydrogens (primary N) is 1. The monoisotopic (exact) mass is 465 g/mol. The second-order valence-electron chi connectivity index (χ2n) is 9.35. The molecular weight excluding hydrogens is 422 g/mol. The fraction of sp³-hybridized carbons (Fsp3) is 0.500. The summed E-state index contributed by atoms with van der Waals surface area (Å²) in [5, 5.41) is 10.0. The van der Waals surface area contributed by atoms with Crippen molar-refractivity contribution in [2.45, 2.75) is 84.3 Å². The highest BCUT2D eigenvalue weighted by molar-refractivity contribution is 5.94. The van der Waals surface area contributed by atoms with Gasteiger partial charge in [0, 0.05) is 13.0 Å². The molecule has 0 aliphatic heterocycles. The maximum absolute atomic E-state index is 12.2. The third kappa shape index (κ3) is 9.44. The van der Waals surface area contributed by atoms with Crippen LogP contribution in [-0.2, 0) is 9.53 Å². The Morgan fingerprint density at radius 2 is 1.76 bits per heavy atom. The first-order valence-electron chi connectivity index (χ1n) is 12.9. The number of benzene rings is 1. The van der Waals surface area contributed by atoms with Gasteiger partial charge in [0.15, 0.2) is 0 Å². The van der Waals surface area contributed by atoms with E-state index in [-0.39, 0.29) is 5.92 Å². The minimum absolute atomic E-state index is 0.120. The Morgan fingerprint density at radius 3 is 2.35 bits per heavy atom. The average Bonchev–Trinajstić information content (AvgIpc) is 2.84. The van der Waals surface area contributed by atoms with Crippen LogP contribution in [0.1, 0.15) is 84.1 Å². The molecule has 186 valence electrons. The number of rotatable bonds is 15. The number of aliphatic carboxylic acids is 1. The topological polar surface area (TPSA) is 72.5 Å². The van der Waals surface area contributed by atoms with Crippen molar-refractivity contribution in [2.24, 2.45) is 11.7 Å². The molecule has 0 fully saturated rings. The van der Waals surface area contributed by atoms with Crippen LogP contribution >= 0.6 is 0 Å². The lowest BCUT2D eigenvalue weighted by molar-refractivity contribution is -0.132. The van der Waals surface area contributed by atoms with Gasteiger partial charge in [-0.1, -0.05) is 108 Å². The molecule has 0 saturated carbocycles. The van der Waals surface area contributed by atoms with E-state index in [0.717, 1.165) is 29.6 Å². The molecule has 0 radical (unpaired) electrons. The van der Waals surface area contributed by atoms with E-state index in [1.807, 2.05) is 54.6 Å². The van der Waals surface area contributed by atoms with Crippen molar-refractivity contribution in [1.29, 1.82) is 0 Å². The highest BCUT2D eigenvalue weighted by Gasteiger charge is 2.24. The molecule has 3 N–H and O–H groups in total. The molecule has 0 bridgehead atoms. The maximum atomic E-state index is 12.2. The summed E-state index contributed by atoms with van der Waals surface area (Å²) < 4.78 is 5.98. The normalized spacial score (nSPS) is 19.7. The zero-order chi connectivity index (χ0) is 24.8. The Bertz CT molecular complexity index is 882. The van der Waals surface area contributed by atoms with Crippen LogP contribution in [0.25, 0.3) is 6.08 Å². The van der Waals surface area contributed by atoms with Gasteiger partial charge in [-0.25, -0.2) is 4.79 Å². The number of carboxylic acid groups (broad SMARTS) is 1. The van der Waals surface area contributed by atoms with E-state index in [1.54, 1.807) is 6.08 Å². The SMILES string of the molecule is CCCCCCCCCOC1(N)C=CC(C=C(C(=O)O)C(=Cc2ccccc2)C(C)CC)=CC1. The molecule has 2 unspecified atom stereocenters. The van der Waals surface area contributed by atoms with Gasteiger partial charge in [0.1, 0.15) is 5.72 Å². The van der Waals surface area contributed by atoms with E-state index in [4.69, 9.17) is 10.5 Å².